The molecule has 1 aromatic heterocycles. The van der Waals surface area contributed by atoms with E-state index in [1.807, 2.05) is 6.92 Å². The number of halogens is 3. The third kappa shape index (κ3) is 5.76. The molecule has 0 aliphatic heterocycles. The Labute approximate surface area is 122 Å². The van der Waals surface area contributed by atoms with Crippen molar-refractivity contribution >= 4 is 57.4 Å². The first-order valence-electron chi connectivity index (χ1n) is 3.97. The van der Waals surface area contributed by atoms with Crippen LogP contribution in [-0.4, -0.2) is 16.6 Å². The molecule has 0 unspecified atom stereocenters. The Hall–Kier alpha value is 1.01. The number of hydrogen-bond donors (Lipinski definition) is 1. The second kappa shape index (κ2) is 9.09. The van der Waals surface area contributed by atoms with Gasteiger partial charge >= 0.3 is 49.4 Å². The molecule has 0 amide bonds. The summed E-state index contributed by atoms with van der Waals surface area (Å²) in [5, 5.41) is 3.00. The number of nitrogens with one attached hydrogen (secondary N) is 1. The van der Waals surface area contributed by atoms with Crippen molar-refractivity contribution in [2.45, 2.75) is 13.5 Å². The van der Waals surface area contributed by atoms with Gasteiger partial charge in [-0.05, 0) is 6.92 Å². The van der Waals surface area contributed by atoms with Crippen molar-refractivity contribution in [1.29, 1.82) is 0 Å². The second-order valence-corrected chi connectivity index (χ2v) is 14.5. The summed E-state index contributed by atoms with van der Waals surface area (Å²) in [6, 6.07) is 0. The molecule has 0 saturated heterocycles. The molecule has 0 aromatic carbocycles. The fourth-order valence-corrected chi connectivity index (χ4v) is 1.11. The maximum absolute atomic E-state index is 11.4. The minimum absolute atomic E-state index is 0.149. The molecule has 0 radical (unpaired) electrons. The SMILES string of the molecule is CCn1cc(Cl)nc(NC)c1=O.[I][V][I]. The van der Waals surface area contributed by atoms with Crippen LogP contribution in [0.15, 0.2) is 11.0 Å². The van der Waals surface area contributed by atoms with Gasteiger partial charge in [-0.25, -0.2) is 4.98 Å². The molecule has 1 rings (SSSR count). The van der Waals surface area contributed by atoms with Crippen LogP contribution in [0.25, 0.3) is 0 Å². The monoisotopic (exact) mass is 492 g/mol. The first kappa shape index (κ1) is 16.0. The van der Waals surface area contributed by atoms with E-state index in [2.05, 4.69) is 50.3 Å². The second-order valence-electron chi connectivity index (χ2n) is 2.32. The number of nitrogens with zero attached hydrogens (tertiary/aromatic N) is 2. The van der Waals surface area contributed by atoms with Crippen molar-refractivity contribution < 1.29 is 9.47 Å². The van der Waals surface area contributed by atoms with Gasteiger partial charge in [-0.1, -0.05) is 11.6 Å². The van der Waals surface area contributed by atoms with E-state index in [9.17, 15) is 4.79 Å². The standard InChI is InChI=1S/C7H10ClN3O.2HI.V/c1-3-11-4-5(8)10-6(9-2)7(11)12;;;/h4H,3H2,1-2H3,(H,9,10);2*1H;/q;;;+2/p-2. The zero-order chi connectivity index (χ0) is 11.8. The van der Waals surface area contributed by atoms with Crippen molar-refractivity contribution in [3.63, 3.8) is 0 Å². The topological polar surface area (TPSA) is 46.9 Å². The summed E-state index contributed by atoms with van der Waals surface area (Å²) in [6.07, 6.45) is 1.52. The molecule has 85 valence electrons. The molecule has 0 aliphatic rings. The predicted octanol–water partition coefficient (Wildman–Crippen LogP) is 2.73. The van der Waals surface area contributed by atoms with E-state index in [4.69, 9.17) is 11.6 Å². The van der Waals surface area contributed by atoms with Crippen LogP contribution < -0.4 is 10.9 Å². The first-order chi connectivity index (χ1) is 7.10. The van der Waals surface area contributed by atoms with Crippen LogP contribution in [0.3, 0.4) is 0 Å². The quantitative estimate of drug-likeness (QED) is 0.647. The fourth-order valence-electron chi connectivity index (χ4n) is 0.904. The van der Waals surface area contributed by atoms with E-state index in [0.29, 0.717) is 21.2 Å². The van der Waals surface area contributed by atoms with E-state index >= 15 is 0 Å². The number of aromatic nitrogens is 2. The van der Waals surface area contributed by atoms with E-state index in [1.165, 1.54) is 10.8 Å². The summed E-state index contributed by atoms with van der Waals surface area (Å²) in [5.74, 6) is 0.282. The van der Waals surface area contributed by atoms with Gasteiger partial charge in [0.25, 0.3) is 5.56 Å². The maximum atomic E-state index is 11.4. The molecule has 0 aliphatic carbocycles. The van der Waals surface area contributed by atoms with Gasteiger partial charge in [0, 0.05) is 19.8 Å². The van der Waals surface area contributed by atoms with E-state index in [0.717, 1.165) is 0 Å². The Kier molecular flexibility index (Phi) is 9.70. The number of anilines is 1. The molecular weight excluding hydrogens is 482 g/mol. The average molecular weight is 492 g/mol. The number of rotatable bonds is 2. The molecule has 0 atom stereocenters. The van der Waals surface area contributed by atoms with Crippen LogP contribution in [0, 0.1) is 0 Å². The summed E-state index contributed by atoms with van der Waals surface area (Å²) >= 11 is 10.4. The molecule has 0 spiro atoms. The van der Waals surface area contributed by atoms with Crippen LogP contribution in [0.4, 0.5) is 5.82 Å². The van der Waals surface area contributed by atoms with Gasteiger partial charge in [0.15, 0.2) is 5.82 Å². The normalized spacial score (nSPS) is 8.87. The molecule has 8 heteroatoms. The molecule has 4 nitrogen and oxygen atoms in total. The summed E-state index contributed by atoms with van der Waals surface area (Å²) < 4.78 is 1.50. The van der Waals surface area contributed by atoms with E-state index in [1.54, 1.807) is 7.05 Å². The Bertz CT molecular complexity index is 332. The van der Waals surface area contributed by atoms with Crippen LogP contribution in [0.2, 0.25) is 5.15 Å². The van der Waals surface area contributed by atoms with Gasteiger partial charge in [0.05, 0.1) is 0 Å². The Morgan fingerprint density at radius 2 is 2.20 bits per heavy atom. The first-order valence-corrected chi connectivity index (χ1v) is 13.4. The van der Waals surface area contributed by atoms with Crippen molar-refractivity contribution in [3.05, 3.63) is 21.7 Å². The molecule has 0 saturated carbocycles. The van der Waals surface area contributed by atoms with Crippen molar-refractivity contribution in [1.82, 2.24) is 9.55 Å². The van der Waals surface area contributed by atoms with Gasteiger partial charge in [-0.2, -0.15) is 0 Å². The Morgan fingerprint density at radius 3 is 2.60 bits per heavy atom. The van der Waals surface area contributed by atoms with Gasteiger partial charge in [-0.15, -0.1) is 0 Å². The van der Waals surface area contributed by atoms with E-state index in [-0.39, 0.29) is 11.4 Å². The van der Waals surface area contributed by atoms with Crippen LogP contribution in [0.1, 0.15) is 6.92 Å². The van der Waals surface area contributed by atoms with Gasteiger partial charge in [0.1, 0.15) is 5.15 Å². The van der Waals surface area contributed by atoms with Crippen molar-refractivity contribution in [3.8, 4) is 0 Å². The fraction of sp³-hybridized carbons (Fsp3) is 0.429. The molecule has 0 bridgehead atoms. The number of hydrogen-bond acceptors (Lipinski definition) is 3. The van der Waals surface area contributed by atoms with Crippen molar-refractivity contribution in [2.75, 3.05) is 12.4 Å². The predicted molar refractivity (Wildman–Crippen MR) is 76.8 cm³/mol. The molecule has 0 fully saturated rings. The van der Waals surface area contributed by atoms with Crippen LogP contribution in [0.5, 0.6) is 0 Å². The summed E-state index contributed by atoms with van der Waals surface area (Å²) in [6.45, 7) is 2.47. The molecule has 1 aromatic rings. The van der Waals surface area contributed by atoms with Crippen LogP contribution >= 0.6 is 51.6 Å². The zero-order valence-corrected chi connectivity index (χ0v) is 14.6. The van der Waals surface area contributed by atoms with E-state index < -0.39 is 0 Å². The van der Waals surface area contributed by atoms with Crippen molar-refractivity contribution in [2.24, 2.45) is 0 Å². The van der Waals surface area contributed by atoms with Gasteiger partial charge in [0.2, 0.25) is 0 Å². The molecule has 15 heavy (non-hydrogen) atoms. The molecule has 1 heterocycles. The minimum atomic E-state index is -0.149. The molecule has 1 N–H and O–H groups in total. The summed E-state index contributed by atoms with van der Waals surface area (Å²) in [5.41, 5.74) is -0.149. The van der Waals surface area contributed by atoms with Gasteiger partial charge in [-0.3, -0.25) is 4.79 Å². The summed E-state index contributed by atoms with van der Waals surface area (Å²) in [4.78, 5) is 15.2. The zero-order valence-electron chi connectivity index (χ0n) is 8.17. The average Bonchev–Trinajstić information content (AvgIpc) is 2.22. The third-order valence-corrected chi connectivity index (χ3v) is 1.70. The summed E-state index contributed by atoms with van der Waals surface area (Å²) in [7, 11) is 2.27. The molecular formula is C7H10ClI2N3OV. The number of aryl methyl sites for hydroxylation is 1. The Morgan fingerprint density at radius 1 is 1.67 bits per heavy atom. The third-order valence-electron chi connectivity index (χ3n) is 1.52. The van der Waals surface area contributed by atoms with Gasteiger partial charge < -0.3 is 9.88 Å². The Balaban J connectivity index is 0.000000583. The van der Waals surface area contributed by atoms with Crippen LogP contribution in [-0.2, 0) is 16.0 Å².